The third-order valence-electron chi connectivity index (χ3n) is 3.67. The van der Waals surface area contributed by atoms with Crippen LogP contribution >= 0.6 is 34.7 Å². The third-order valence-corrected chi connectivity index (χ3v) is 5.66. The average Bonchev–Trinajstić information content (AvgIpc) is 3.26. The molecule has 0 bridgehead atoms. The second-order valence-electron chi connectivity index (χ2n) is 5.78. The number of aryl methyl sites for hydroxylation is 1. The molecule has 0 saturated heterocycles. The largest absolute Gasteiger partial charge is 0.301 e. The number of halogens is 1. The van der Waals surface area contributed by atoms with Gasteiger partial charge in [0.2, 0.25) is 5.91 Å². The number of amides is 1. The molecule has 0 aliphatic carbocycles. The number of hydrogen-bond donors (Lipinski definition) is 2. The number of fused-ring (bicyclic) bond motifs is 1. The molecule has 0 atom stereocenters. The minimum absolute atomic E-state index is 0.0817. The van der Waals surface area contributed by atoms with Gasteiger partial charge in [0.25, 0.3) is 5.56 Å². The van der Waals surface area contributed by atoms with Gasteiger partial charge in [0.15, 0.2) is 15.9 Å². The fourth-order valence-electron chi connectivity index (χ4n) is 2.46. The van der Waals surface area contributed by atoms with E-state index < -0.39 is 0 Å². The number of thioether (sulfide) groups is 1. The molecule has 1 aromatic carbocycles. The Hall–Kier alpha value is -2.69. The molecule has 142 valence electrons. The summed E-state index contributed by atoms with van der Waals surface area (Å²) in [6, 6.07) is 7.09. The first-order chi connectivity index (χ1) is 13.5. The zero-order valence-corrected chi connectivity index (χ0v) is 16.9. The van der Waals surface area contributed by atoms with E-state index in [1.54, 1.807) is 22.9 Å². The Balaban J connectivity index is 1.57. The van der Waals surface area contributed by atoms with Crippen LogP contribution in [0.2, 0.25) is 5.02 Å². The molecule has 28 heavy (non-hydrogen) atoms. The highest BCUT2D eigenvalue weighted by molar-refractivity contribution is 7.99. The van der Waals surface area contributed by atoms with Crippen LogP contribution in [0.15, 0.2) is 45.8 Å². The van der Waals surface area contributed by atoms with Crippen molar-refractivity contribution in [1.29, 1.82) is 0 Å². The monoisotopic (exact) mass is 432 g/mol. The summed E-state index contributed by atoms with van der Waals surface area (Å²) in [5.74, 6) is -0.149. The number of benzene rings is 1. The number of carbonyl (C=O) groups is 1. The van der Waals surface area contributed by atoms with Crippen molar-refractivity contribution in [3.05, 3.63) is 56.9 Å². The van der Waals surface area contributed by atoms with E-state index >= 15 is 0 Å². The lowest BCUT2D eigenvalue weighted by atomic mass is 10.3. The van der Waals surface area contributed by atoms with Gasteiger partial charge in [-0.05, 0) is 25.1 Å². The van der Waals surface area contributed by atoms with E-state index in [2.05, 4.69) is 25.4 Å². The predicted molar refractivity (Wildman–Crippen MR) is 111 cm³/mol. The van der Waals surface area contributed by atoms with E-state index in [0.29, 0.717) is 32.0 Å². The van der Waals surface area contributed by atoms with Crippen molar-refractivity contribution in [3.63, 3.8) is 0 Å². The predicted octanol–water partition coefficient (Wildman–Crippen LogP) is 3.26. The molecule has 0 radical (unpaired) electrons. The van der Waals surface area contributed by atoms with Gasteiger partial charge in [-0.3, -0.25) is 9.59 Å². The van der Waals surface area contributed by atoms with Crippen LogP contribution < -0.4 is 10.9 Å². The molecule has 0 spiro atoms. The van der Waals surface area contributed by atoms with Crippen molar-refractivity contribution >= 4 is 56.8 Å². The van der Waals surface area contributed by atoms with Crippen molar-refractivity contribution in [3.8, 4) is 5.69 Å². The van der Waals surface area contributed by atoms with Gasteiger partial charge in [-0.1, -0.05) is 29.4 Å². The molecular formula is C17H13ClN6O2S2. The van der Waals surface area contributed by atoms with E-state index in [9.17, 15) is 9.59 Å². The summed E-state index contributed by atoms with van der Waals surface area (Å²) < 4.78 is 1.54. The van der Waals surface area contributed by atoms with Gasteiger partial charge in [0.1, 0.15) is 5.39 Å². The molecule has 0 fully saturated rings. The maximum atomic E-state index is 12.4. The highest BCUT2D eigenvalue weighted by Gasteiger charge is 2.13. The molecule has 11 heteroatoms. The van der Waals surface area contributed by atoms with Gasteiger partial charge >= 0.3 is 0 Å². The van der Waals surface area contributed by atoms with Gasteiger partial charge in [-0.15, -0.1) is 11.3 Å². The summed E-state index contributed by atoms with van der Waals surface area (Å²) in [7, 11) is 0. The van der Waals surface area contributed by atoms with Gasteiger partial charge in [0, 0.05) is 10.4 Å². The Morgan fingerprint density at radius 1 is 1.39 bits per heavy atom. The van der Waals surface area contributed by atoms with Crippen LogP contribution in [0.25, 0.3) is 16.7 Å². The number of nitrogens with one attached hydrogen (secondary N) is 2. The molecule has 8 nitrogen and oxygen atoms in total. The average molecular weight is 433 g/mol. The number of rotatable bonds is 5. The number of hydrogen-bond acceptors (Lipinski definition) is 7. The van der Waals surface area contributed by atoms with Gasteiger partial charge in [0.05, 0.1) is 23.3 Å². The van der Waals surface area contributed by atoms with E-state index in [0.717, 1.165) is 17.5 Å². The zero-order chi connectivity index (χ0) is 19.7. The highest BCUT2D eigenvalue weighted by atomic mass is 35.5. The Kier molecular flexibility index (Phi) is 5.16. The maximum Gasteiger partial charge on any atom is 0.262 e. The SMILES string of the molecule is Cc1csc(NC(=O)CSc2nc3c(cnn3-c3cccc(Cl)c3)c(=O)[nH]2)n1. The van der Waals surface area contributed by atoms with Gasteiger partial charge in [-0.25, -0.2) is 14.6 Å². The third kappa shape index (κ3) is 3.93. The molecule has 0 unspecified atom stereocenters. The lowest BCUT2D eigenvalue weighted by Crippen LogP contribution is -2.15. The van der Waals surface area contributed by atoms with Crippen molar-refractivity contribution in [2.45, 2.75) is 12.1 Å². The molecule has 0 aliphatic rings. The highest BCUT2D eigenvalue weighted by Crippen LogP contribution is 2.20. The van der Waals surface area contributed by atoms with Crippen molar-refractivity contribution in [2.24, 2.45) is 0 Å². The van der Waals surface area contributed by atoms with Crippen LogP contribution in [0.1, 0.15) is 5.69 Å². The number of anilines is 1. The quantitative estimate of drug-likeness (QED) is 0.370. The summed E-state index contributed by atoms with van der Waals surface area (Å²) >= 11 is 8.53. The number of aromatic nitrogens is 5. The van der Waals surface area contributed by atoms with E-state index in [1.165, 1.54) is 17.5 Å². The molecule has 4 rings (SSSR count). The fraction of sp³-hybridized carbons (Fsp3) is 0.118. The summed E-state index contributed by atoms with van der Waals surface area (Å²) in [5.41, 5.74) is 1.60. The molecule has 1 amide bonds. The second-order valence-corrected chi connectivity index (χ2v) is 8.03. The first kappa shape index (κ1) is 18.7. The molecular weight excluding hydrogens is 420 g/mol. The second kappa shape index (κ2) is 7.74. The topological polar surface area (TPSA) is 106 Å². The van der Waals surface area contributed by atoms with Crippen LogP contribution in [0, 0.1) is 6.92 Å². The van der Waals surface area contributed by atoms with Gasteiger partial charge in [-0.2, -0.15) is 5.10 Å². The van der Waals surface area contributed by atoms with Crippen LogP contribution in [0.4, 0.5) is 5.13 Å². The van der Waals surface area contributed by atoms with E-state index in [1.807, 2.05) is 18.4 Å². The number of aromatic amines is 1. The van der Waals surface area contributed by atoms with Crippen molar-refractivity contribution < 1.29 is 4.79 Å². The Morgan fingerprint density at radius 3 is 3.00 bits per heavy atom. The standard InChI is InChI=1S/C17H13ClN6O2S2/c1-9-7-27-16(20-9)21-13(25)8-28-17-22-14-12(15(26)23-17)6-19-24(14)11-4-2-3-10(18)5-11/h2-7H,8H2,1H3,(H,20,21,25)(H,22,23,26). The van der Waals surface area contributed by atoms with Gasteiger partial charge < -0.3 is 10.3 Å². The first-order valence-electron chi connectivity index (χ1n) is 8.08. The lowest BCUT2D eigenvalue weighted by Gasteiger charge is -2.05. The van der Waals surface area contributed by atoms with Crippen LogP contribution in [-0.2, 0) is 4.79 Å². The van der Waals surface area contributed by atoms with Crippen LogP contribution in [-0.4, -0.2) is 36.4 Å². The molecule has 0 aliphatic heterocycles. The molecule has 3 aromatic heterocycles. The smallest absolute Gasteiger partial charge is 0.262 e. The number of thiazole rings is 1. The zero-order valence-electron chi connectivity index (χ0n) is 14.5. The van der Waals surface area contributed by atoms with Crippen LogP contribution in [0.5, 0.6) is 0 Å². The Morgan fingerprint density at radius 2 is 2.25 bits per heavy atom. The maximum absolute atomic E-state index is 12.4. The Labute approximate surface area is 172 Å². The van der Waals surface area contributed by atoms with E-state index in [-0.39, 0.29) is 17.2 Å². The number of H-pyrrole nitrogens is 1. The summed E-state index contributed by atoms with van der Waals surface area (Å²) in [4.78, 5) is 35.8. The number of nitrogens with zero attached hydrogens (tertiary/aromatic N) is 4. The van der Waals surface area contributed by atoms with Crippen molar-refractivity contribution in [2.75, 3.05) is 11.1 Å². The minimum atomic E-state index is -0.322. The molecule has 0 saturated carbocycles. The molecule has 2 N–H and O–H groups in total. The van der Waals surface area contributed by atoms with Crippen LogP contribution in [0.3, 0.4) is 0 Å². The number of carbonyl (C=O) groups excluding carboxylic acids is 1. The Bertz CT molecular complexity index is 1230. The first-order valence-corrected chi connectivity index (χ1v) is 10.3. The fourth-order valence-corrected chi connectivity index (χ4v) is 4.01. The summed E-state index contributed by atoms with van der Waals surface area (Å²) in [6.45, 7) is 1.86. The lowest BCUT2D eigenvalue weighted by molar-refractivity contribution is -0.113. The molecule has 4 aromatic rings. The van der Waals surface area contributed by atoms with Crippen molar-refractivity contribution in [1.82, 2.24) is 24.7 Å². The normalized spacial score (nSPS) is 11.1. The summed E-state index contributed by atoms with van der Waals surface area (Å²) in [5, 5.41) is 10.6. The minimum Gasteiger partial charge on any atom is -0.301 e. The molecule has 3 heterocycles. The van der Waals surface area contributed by atoms with E-state index in [4.69, 9.17) is 11.6 Å². The summed E-state index contributed by atoms with van der Waals surface area (Å²) in [6.07, 6.45) is 1.45.